The van der Waals surface area contributed by atoms with E-state index in [-0.39, 0.29) is 29.6 Å². The number of nitrogens with zero attached hydrogens (tertiary/aromatic N) is 1. The van der Waals surface area contributed by atoms with Crippen LogP contribution in [-0.4, -0.2) is 17.4 Å². The van der Waals surface area contributed by atoms with Gasteiger partial charge in [-0.1, -0.05) is 18.5 Å². The van der Waals surface area contributed by atoms with Crippen molar-refractivity contribution in [3.05, 3.63) is 64.4 Å². The van der Waals surface area contributed by atoms with Gasteiger partial charge < -0.3 is 11.1 Å². The first-order chi connectivity index (χ1) is 13.0. The fourth-order valence-corrected chi connectivity index (χ4v) is 3.60. The van der Waals surface area contributed by atoms with Crippen molar-refractivity contribution in [1.29, 1.82) is 0 Å². The monoisotopic (exact) mass is 405 g/mol. The van der Waals surface area contributed by atoms with E-state index >= 15 is 0 Å². The zero-order valence-electron chi connectivity index (χ0n) is 15.9. The highest BCUT2D eigenvalue weighted by molar-refractivity contribution is 6.30. The molecule has 3 rings (SSSR count). The van der Waals surface area contributed by atoms with Crippen LogP contribution < -0.4 is 11.1 Å². The molecule has 1 aliphatic heterocycles. The lowest BCUT2D eigenvalue weighted by Gasteiger charge is -2.41. The largest absolute Gasteiger partial charge is 0.385 e. The topological polar surface area (TPSA) is 67.5 Å². The standard InChI is InChI=1S/C21H22ClF2N3O/c1-12-11-20(2,24)19(25)27-21(12,3)16-10-15(8-9-17(16)23)26-18(28)13-4-6-14(22)7-5-13/h4-10,12H,11H2,1-3H3,(H2,25,27)(H,26,28)/t12-,20+,21-/m0/s1. The molecule has 0 fully saturated rings. The van der Waals surface area contributed by atoms with E-state index in [0.29, 0.717) is 16.3 Å². The maximum absolute atomic E-state index is 14.7. The first kappa shape index (κ1) is 20.3. The number of rotatable bonds is 3. The number of aliphatic imine (C=N–C) groups is 1. The molecule has 28 heavy (non-hydrogen) atoms. The molecule has 3 N–H and O–H groups in total. The molecule has 0 radical (unpaired) electrons. The van der Waals surface area contributed by atoms with Gasteiger partial charge in [-0.2, -0.15) is 0 Å². The lowest BCUT2D eigenvalue weighted by Crippen LogP contribution is -2.49. The van der Waals surface area contributed by atoms with E-state index in [9.17, 15) is 13.6 Å². The molecule has 2 aromatic carbocycles. The number of nitrogens with one attached hydrogen (secondary N) is 1. The van der Waals surface area contributed by atoms with Crippen LogP contribution in [0.3, 0.4) is 0 Å². The minimum absolute atomic E-state index is 0.125. The molecule has 0 aliphatic carbocycles. The Labute approximate surface area is 167 Å². The molecule has 2 aromatic rings. The van der Waals surface area contributed by atoms with E-state index in [1.807, 2.05) is 6.92 Å². The summed E-state index contributed by atoms with van der Waals surface area (Å²) in [6, 6.07) is 10.7. The SMILES string of the molecule is C[C@H]1C[C@@](C)(F)C(N)=N[C@]1(C)c1cc(NC(=O)c2ccc(Cl)cc2)ccc1F. The fourth-order valence-electron chi connectivity index (χ4n) is 3.48. The van der Waals surface area contributed by atoms with Gasteiger partial charge in [-0.25, -0.2) is 8.78 Å². The molecular weight excluding hydrogens is 384 g/mol. The summed E-state index contributed by atoms with van der Waals surface area (Å²) in [4.78, 5) is 16.8. The first-order valence-corrected chi connectivity index (χ1v) is 9.32. The number of alkyl halides is 1. The van der Waals surface area contributed by atoms with Crippen LogP contribution in [-0.2, 0) is 5.54 Å². The first-order valence-electron chi connectivity index (χ1n) is 8.94. The molecule has 0 saturated carbocycles. The van der Waals surface area contributed by atoms with Crippen LogP contribution in [0.1, 0.15) is 43.1 Å². The Morgan fingerprint density at radius 3 is 2.54 bits per heavy atom. The smallest absolute Gasteiger partial charge is 0.255 e. The highest BCUT2D eigenvalue weighted by Crippen LogP contribution is 2.44. The number of hydrogen-bond donors (Lipinski definition) is 2. The van der Waals surface area contributed by atoms with Gasteiger partial charge in [0.1, 0.15) is 11.7 Å². The van der Waals surface area contributed by atoms with Gasteiger partial charge in [-0.3, -0.25) is 9.79 Å². The van der Waals surface area contributed by atoms with Gasteiger partial charge in [0.05, 0.1) is 5.54 Å². The predicted molar refractivity (Wildman–Crippen MR) is 108 cm³/mol. The minimum Gasteiger partial charge on any atom is -0.385 e. The lowest BCUT2D eigenvalue weighted by atomic mass is 9.73. The van der Waals surface area contributed by atoms with E-state index in [4.69, 9.17) is 17.3 Å². The maximum Gasteiger partial charge on any atom is 0.255 e. The average Bonchev–Trinajstić information content (AvgIpc) is 2.62. The van der Waals surface area contributed by atoms with Gasteiger partial charge >= 0.3 is 0 Å². The van der Waals surface area contributed by atoms with Gasteiger partial charge in [0, 0.05) is 21.8 Å². The second kappa shape index (κ2) is 7.17. The predicted octanol–water partition coefficient (Wildman–Crippen LogP) is 5.07. The molecule has 148 valence electrons. The summed E-state index contributed by atoms with van der Waals surface area (Å²) in [7, 11) is 0. The Morgan fingerprint density at radius 2 is 1.89 bits per heavy atom. The zero-order chi connectivity index (χ0) is 20.7. The third-order valence-corrected chi connectivity index (χ3v) is 5.66. The second-order valence-corrected chi connectivity index (χ2v) is 8.04. The molecule has 0 unspecified atom stereocenters. The summed E-state index contributed by atoms with van der Waals surface area (Å²) in [5, 5.41) is 3.26. The second-order valence-electron chi connectivity index (χ2n) is 7.60. The molecule has 3 atom stereocenters. The van der Waals surface area contributed by atoms with Gasteiger partial charge in [-0.15, -0.1) is 0 Å². The number of amides is 1. The molecule has 0 spiro atoms. The third kappa shape index (κ3) is 3.74. The summed E-state index contributed by atoms with van der Waals surface area (Å²) in [6.07, 6.45) is 0.125. The highest BCUT2D eigenvalue weighted by atomic mass is 35.5. The van der Waals surface area contributed by atoms with Crippen LogP contribution in [0, 0.1) is 11.7 Å². The Kier molecular flexibility index (Phi) is 5.19. The number of carbonyl (C=O) groups excluding carboxylic acids is 1. The molecule has 1 aliphatic rings. The summed E-state index contributed by atoms with van der Waals surface area (Å²) in [5.74, 6) is -1.29. The normalized spacial score (nSPS) is 27.2. The number of anilines is 1. The molecule has 1 heterocycles. The van der Waals surface area contributed by atoms with E-state index in [0.717, 1.165) is 0 Å². The fraction of sp³-hybridized carbons (Fsp3) is 0.333. The molecule has 0 bridgehead atoms. The number of hydrogen-bond acceptors (Lipinski definition) is 3. The van der Waals surface area contributed by atoms with Gasteiger partial charge in [-0.05, 0) is 68.7 Å². The number of amidine groups is 1. The van der Waals surface area contributed by atoms with Crippen LogP contribution in [0.25, 0.3) is 0 Å². The number of halogens is 3. The maximum atomic E-state index is 14.7. The molecule has 1 amide bonds. The summed E-state index contributed by atoms with van der Waals surface area (Å²) in [5.41, 5.74) is 4.14. The number of benzene rings is 2. The van der Waals surface area contributed by atoms with E-state index in [2.05, 4.69) is 10.3 Å². The summed E-state index contributed by atoms with van der Waals surface area (Å²) in [6.45, 7) is 4.91. The Bertz CT molecular complexity index is 943. The zero-order valence-corrected chi connectivity index (χ0v) is 16.6. The van der Waals surface area contributed by atoms with Crippen molar-refractivity contribution in [2.75, 3.05) is 5.32 Å². The van der Waals surface area contributed by atoms with Gasteiger partial charge in [0.15, 0.2) is 5.67 Å². The highest BCUT2D eigenvalue weighted by Gasteiger charge is 2.46. The molecule has 4 nitrogen and oxygen atoms in total. The van der Waals surface area contributed by atoms with Crippen molar-refractivity contribution in [1.82, 2.24) is 0 Å². The van der Waals surface area contributed by atoms with Crippen molar-refractivity contribution in [3.63, 3.8) is 0 Å². The van der Waals surface area contributed by atoms with Crippen molar-refractivity contribution in [2.24, 2.45) is 16.6 Å². The van der Waals surface area contributed by atoms with Gasteiger partial charge in [0.25, 0.3) is 5.91 Å². The molecular formula is C21H22ClF2N3O. The van der Waals surface area contributed by atoms with E-state index in [1.165, 1.54) is 25.1 Å². The van der Waals surface area contributed by atoms with Crippen molar-refractivity contribution in [2.45, 2.75) is 38.4 Å². The molecule has 0 aromatic heterocycles. The number of nitrogens with two attached hydrogens (primary N) is 1. The average molecular weight is 406 g/mol. The lowest BCUT2D eigenvalue weighted by molar-refractivity contribution is 0.102. The van der Waals surface area contributed by atoms with E-state index in [1.54, 1.807) is 31.2 Å². The van der Waals surface area contributed by atoms with Crippen LogP contribution in [0.4, 0.5) is 14.5 Å². The quantitative estimate of drug-likeness (QED) is 0.748. The van der Waals surface area contributed by atoms with Crippen molar-refractivity contribution in [3.8, 4) is 0 Å². The third-order valence-electron chi connectivity index (χ3n) is 5.41. The van der Waals surface area contributed by atoms with Crippen LogP contribution >= 0.6 is 11.6 Å². The summed E-state index contributed by atoms with van der Waals surface area (Å²) >= 11 is 5.84. The molecule has 7 heteroatoms. The minimum atomic E-state index is -1.73. The Morgan fingerprint density at radius 1 is 1.25 bits per heavy atom. The molecule has 0 saturated heterocycles. The van der Waals surface area contributed by atoms with Crippen LogP contribution in [0.2, 0.25) is 5.02 Å². The van der Waals surface area contributed by atoms with Gasteiger partial charge in [0.2, 0.25) is 0 Å². The van der Waals surface area contributed by atoms with Crippen molar-refractivity contribution >= 4 is 29.0 Å². The van der Waals surface area contributed by atoms with Crippen molar-refractivity contribution < 1.29 is 13.6 Å². The Hall–Kier alpha value is -2.47. The van der Waals surface area contributed by atoms with Crippen LogP contribution in [0.5, 0.6) is 0 Å². The number of carbonyl (C=O) groups is 1. The Balaban J connectivity index is 1.95. The van der Waals surface area contributed by atoms with E-state index < -0.39 is 17.0 Å². The van der Waals surface area contributed by atoms with Crippen LogP contribution in [0.15, 0.2) is 47.5 Å². The summed E-state index contributed by atoms with van der Waals surface area (Å²) < 4.78 is 29.2.